The highest BCUT2D eigenvalue weighted by atomic mass is 35.5. The first-order valence-corrected chi connectivity index (χ1v) is 7.03. The lowest BCUT2D eigenvalue weighted by atomic mass is 10.2. The molecule has 0 bridgehead atoms. The molecule has 3 N–H and O–H groups in total. The minimum atomic E-state index is 0.519. The molecular weight excluding hydrogens is 272 g/mol. The second-order valence-electron chi connectivity index (χ2n) is 4.50. The molecule has 0 unspecified atom stereocenters. The van der Waals surface area contributed by atoms with Crippen LogP contribution in [0.1, 0.15) is 11.1 Å². The molecule has 4 heteroatoms. The van der Waals surface area contributed by atoms with Gasteiger partial charge in [0.25, 0.3) is 0 Å². The van der Waals surface area contributed by atoms with Crippen LogP contribution in [0.5, 0.6) is 5.75 Å². The van der Waals surface area contributed by atoms with Crippen LogP contribution in [0.2, 0.25) is 5.02 Å². The van der Waals surface area contributed by atoms with Gasteiger partial charge in [-0.2, -0.15) is 0 Å². The number of halogens is 1. The minimum absolute atomic E-state index is 0.519. The molecule has 2 aromatic rings. The molecule has 2 aromatic carbocycles. The van der Waals surface area contributed by atoms with Gasteiger partial charge in [-0.05, 0) is 23.3 Å². The molecule has 2 rings (SSSR count). The van der Waals surface area contributed by atoms with Crippen LogP contribution in [0.15, 0.2) is 48.5 Å². The second-order valence-corrected chi connectivity index (χ2v) is 4.91. The number of benzene rings is 2. The molecule has 0 aliphatic heterocycles. The summed E-state index contributed by atoms with van der Waals surface area (Å²) in [5, 5.41) is 3.86. The number of hydrogen-bond acceptors (Lipinski definition) is 3. The Balaban J connectivity index is 1.92. The molecule has 0 radical (unpaired) electrons. The number of rotatable bonds is 7. The lowest BCUT2D eigenvalue weighted by Crippen LogP contribution is -2.21. The summed E-state index contributed by atoms with van der Waals surface area (Å²) in [6.07, 6.45) is 0. The highest BCUT2D eigenvalue weighted by Crippen LogP contribution is 2.26. The van der Waals surface area contributed by atoms with E-state index in [0.717, 1.165) is 24.2 Å². The highest BCUT2D eigenvalue weighted by Gasteiger charge is 2.03. The van der Waals surface area contributed by atoms with Gasteiger partial charge in [-0.1, -0.05) is 48.0 Å². The Labute approximate surface area is 124 Å². The fourth-order valence-electron chi connectivity index (χ4n) is 1.84. The first kappa shape index (κ1) is 14.9. The van der Waals surface area contributed by atoms with E-state index in [1.807, 2.05) is 48.5 Å². The van der Waals surface area contributed by atoms with E-state index >= 15 is 0 Å². The molecule has 0 saturated carbocycles. The molecule has 0 spiro atoms. The number of hydrogen-bond donors (Lipinski definition) is 2. The third-order valence-electron chi connectivity index (χ3n) is 2.88. The van der Waals surface area contributed by atoms with Gasteiger partial charge in [0.05, 0.1) is 5.02 Å². The molecule has 0 heterocycles. The van der Waals surface area contributed by atoms with Crippen molar-refractivity contribution in [1.29, 1.82) is 0 Å². The third kappa shape index (κ3) is 4.53. The molecule has 0 saturated heterocycles. The smallest absolute Gasteiger partial charge is 0.138 e. The maximum absolute atomic E-state index is 6.23. The first-order chi connectivity index (χ1) is 9.79. The van der Waals surface area contributed by atoms with Crippen molar-refractivity contribution in [3.05, 3.63) is 64.7 Å². The lowest BCUT2D eigenvalue weighted by molar-refractivity contribution is 0.306. The van der Waals surface area contributed by atoms with Gasteiger partial charge in [0.1, 0.15) is 12.4 Å². The third-order valence-corrected chi connectivity index (χ3v) is 3.18. The summed E-state index contributed by atoms with van der Waals surface area (Å²) < 4.78 is 5.73. The van der Waals surface area contributed by atoms with E-state index in [-0.39, 0.29) is 0 Å². The Morgan fingerprint density at radius 2 is 1.85 bits per heavy atom. The SMILES string of the molecule is NCCNCc1ccc(OCc2ccccc2)c(Cl)c1. The van der Waals surface area contributed by atoms with Gasteiger partial charge >= 0.3 is 0 Å². The van der Waals surface area contributed by atoms with Crippen molar-refractivity contribution in [1.82, 2.24) is 5.32 Å². The summed E-state index contributed by atoms with van der Waals surface area (Å²) in [4.78, 5) is 0. The van der Waals surface area contributed by atoms with Crippen LogP contribution in [0, 0.1) is 0 Å². The zero-order valence-corrected chi connectivity index (χ0v) is 12.1. The standard InChI is InChI=1S/C16H19ClN2O/c17-15-10-14(11-19-9-8-18)6-7-16(15)20-12-13-4-2-1-3-5-13/h1-7,10,19H,8-9,11-12,18H2. The zero-order valence-electron chi connectivity index (χ0n) is 11.3. The Bertz CT molecular complexity index is 531. The summed E-state index contributed by atoms with van der Waals surface area (Å²) in [6.45, 7) is 2.71. The van der Waals surface area contributed by atoms with Crippen LogP contribution in [0.4, 0.5) is 0 Å². The first-order valence-electron chi connectivity index (χ1n) is 6.65. The molecule has 0 amide bonds. The molecule has 0 aliphatic carbocycles. The second kappa shape index (κ2) is 7.90. The van der Waals surface area contributed by atoms with Crippen LogP contribution < -0.4 is 15.8 Å². The van der Waals surface area contributed by atoms with E-state index in [1.165, 1.54) is 0 Å². The summed E-state index contributed by atoms with van der Waals surface area (Å²) in [6, 6.07) is 15.9. The van der Waals surface area contributed by atoms with Gasteiger partial charge in [0, 0.05) is 19.6 Å². The maximum Gasteiger partial charge on any atom is 0.138 e. The average molecular weight is 291 g/mol. The monoisotopic (exact) mass is 290 g/mol. The topological polar surface area (TPSA) is 47.3 Å². The molecule has 0 aromatic heterocycles. The van der Waals surface area contributed by atoms with Gasteiger partial charge in [-0.25, -0.2) is 0 Å². The molecule has 106 valence electrons. The van der Waals surface area contributed by atoms with Crippen molar-refractivity contribution < 1.29 is 4.74 Å². The van der Waals surface area contributed by atoms with Gasteiger partial charge in [-0.15, -0.1) is 0 Å². The average Bonchev–Trinajstić information content (AvgIpc) is 2.48. The van der Waals surface area contributed by atoms with E-state index in [4.69, 9.17) is 22.1 Å². The van der Waals surface area contributed by atoms with Gasteiger partial charge in [-0.3, -0.25) is 0 Å². The van der Waals surface area contributed by atoms with Crippen LogP contribution in [-0.4, -0.2) is 13.1 Å². The van der Waals surface area contributed by atoms with E-state index < -0.39 is 0 Å². The number of nitrogens with two attached hydrogens (primary N) is 1. The van der Waals surface area contributed by atoms with Gasteiger partial charge < -0.3 is 15.8 Å². The van der Waals surface area contributed by atoms with Crippen molar-refractivity contribution in [2.24, 2.45) is 5.73 Å². The Hall–Kier alpha value is -1.55. The quantitative estimate of drug-likeness (QED) is 0.771. The summed E-state index contributed by atoms with van der Waals surface area (Å²) in [7, 11) is 0. The lowest BCUT2D eigenvalue weighted by Gasteiger charge is -2.10. The van der Waals surface area contributed by atoms with Crippen LogP contribution in [0.25, 0.3) is 0 Å². The van der Waals surface area contributed by atoms with E-state index in [0.29, 0.717) is 23.9 Å². The molecular formula is C16H19ClN2O. The summed E-state index contributed by atoms with van der Waals surface area (Å²) >= 11 is 6.23. The van der Waals surface area contributed by atoms with Crippen LogP contribution in [-0.2, 0) is 13.2 Å². The van der Waals surface area contributed by atoms with E-state index in [2.05, 4.69) is 5.32 Å². The van der Waals surface area contributed by atoms with Gasteiger partial charge in [0.2, 0.25) is 0 Å². The van der Waals surface area contributed by atoms with E-state index in [9.17, 15) is 0 Å². The minimum Gasteiger partial charge on any atom is -0.487 e. The summed E-state index contributed by atoms with van der Waals surface area (Å²) in [5.41, 5.74) is 7.68. The predicted octanol–water partition coefficient (Wildman–Crippen LogP) is 2.97. The van der Waals surface area contributed by atoms with Crippen LogP contribution >= 0.6 is 11.6 Å². The van der Waals surface area contributed by atoms with Gasteiger partial charge in [0.15, 0.2) is 0 Å². The predicted molar refractivity (Wildman–Crippen MR) is 83.0 cm³/mol. The Morgan fingerprint density at radius 1 is 1.05 bits per heavy atom. The van der Waals surface area contributed by atoms with Crippen molar-refractivity contribution in [2.45, 2.75) is 13.2 Å². The molecule has 20 heavy (non-hydrogen) atoms. The molecule has 0 atom stereocenters. The Morgan fingerprint density at radius 3 is 2.55 bits per heavy atom. The van der Waals surface area contributed by atoms with Crippen molar-refractivity contribution in [3.63, 3.8) is 0 Å². The normalized spacial score (nSPS) is 10.5. The molecule has 0 fully saturated rings. The van der Waals surface area contributed by atoms with Crippen molar-refractivity contribution >= 4 is 11.6 Å². The van der Waals surface area contributed by atoms with Crippen LogP contribution in [0.3, 0.4) is 0 Å². The maximum atomic E-state index is 6.23. The highest BCUT2D eigenvalue weighted by molar-refractivity contribution is 6.32. The molecule has 0 aliphatic rings. The molecule has 3 nitrogen and oxygen atoms in total. The van der Waals surface area contributed by atoms with Crippen molar-refractivity contribution in [2.75, 3.05) is 13.1 Å². The van der Waals surface area contributed by atoms with E-state index in [1.54, 1.807) is 0 Å². The Kier molecular flexibility index (Phi) is 5.87. The van der Waals surface area contributed by atoms with Crippen molar-refractivity contribution in [3.8, 4) is 5.75 Å². The number of ether oxygens (including phenoxy) is 1. The number of nitrogens with one attached hydrogen (secondary N) is 1. The zero-order chi connectivity index (χ0) is 14.2. The fourth-order valence-corrected chi connectivity index (χ4v) is 2.10. The summed E-state index contributed by atoms with van der Waals surface area (Å²) in [5.74, 6) is 0.707. The fraction of sp³-hybridized carbons (Fsp3) is 0.250. The largest absolute Gasteiger partial charge is 0.487 e.